The predicted molar refractivity (Wildman–Crippen MR) is 107 cm³/mol. The summed E-state index contributed by atoms with van der Waals surface area (Å²) in [6, 6.07) is 2.21. The van der Waals surface area contributed by atoms with Crippen molar-refractivity contribution < 1.29 is 14.3 Å². The van der Waals surface area contributed by atoms with Crippen LogP contribution in [0.5, 0.6) is 0 Å². The van der Waals surface area contributed by atoms with Crippen LogP contribution in [0.3, 0.4) is 0 Å². The Balaban J connectivity index is 1.53. The highest BCUT2D eigenvalue weighted by molar-refractivity contribution is 5.81. The van der Waals surface area contributed by atoms with Crippen LogP contribution < -0.4 is 5.56 Å². The van der Waals surface area contributed by atoms with Crippen molar-refractivity contribution in [2.75, 3.05) is 13.2 Å². The lowest BCUT2D eigenvalue weighted by molar-refractivity contribution is -0.154. The van der Waals surface area contributed by atoms with E-state index in [1.165, 1.54) is 19.3 Å². The van der Waals surface area contributed by atoms with Gasteiger partial charge in [-0.15, -0.1) is 0 Å². The third kappa shape index (κ3) is 4.69. The first-order valence-electron chi connectivity index (χ1n) is 10.5. The zero-order chi connectivity index (χ0) is 21.0. The van der Waals surface area contributed by atoms with Crippen LogP contribution in [0.1, 0.15) is 67.3 Å². The summed E-state index contributed by atoms with van der Waals surface area (Å²) < 4.78 is 5.25. The number of hydrogen-bond acceptors (Lipinski definition) is 5. The predicted octanol–water partition coefficient (Wildman–Crippen LogP) is 2.52. The number of rotatable bonds is 5. The van der Waals surface area contributed by atoms with Gasteiger partial charge in [0.05, 0.1) is 0 Å². The van der Waals surface area contributed by atoms with Gasteiger partial charge in [0, 0.05) is 24.7 Å². The molecule has 0 spiro atoms. The Kier molecular flexibility index (Phi) is 6.73. The molecule has 156 valence electrons. The molecule has 1 aliphatic heterocycles. The van der Waals surface area contributed by atoms with E-state index < -0.39 is 11.5 Å². The number of likely N-dealkylation sites (tertiary alicyclic amines) is 1. The van der Waals surface area contributed by atoms with Gasteiger partial charge < -0.3 is 14.6 Å². The number of nitrogens with zero attached hydrogens (tertiary/aromatic N) is 2. The van der Waals surface area contributed by atoms with Crippen LogP contribution in [0.25, 0.3) is 0 Å². The summed E-state index contributed by atoms with van der Waals surface area (Å²) in [5, 5.41) is 9.14. The number of ether oxygens (including phenoxy) is 1. The molecule has 2 atom stereocenters. The van der Waals surface area contributed by atoms with Crippen molar-refractivity contribution in [3.63, 3.8) is 0 Å². The van der Waals surface area contributed by atoms with Gasteiger partial charge >= 0.3 is 5.97 Å². The van der Waals surface area contributed by atoms with E-state index in [1.807, 2.05) is 11.0 Å². The van der Waals surface area contributed by atoms with Crippen LogP contribution in [0.4, 0.5) is 0 Å². The number of pyridine rings is 1. The molecule has 2 aliphatic rings. The molecule has 1 N–H and O–H groups in total. The zero-order valence-electron chi connectivity index (χ0n) is 17.3. The number of H-pyrrole nitrogens is 1. The Morgan fingerprint density at radius 1 is 1.21 bits per heavy atom. The second-order valence-electron chi connectivity index (χ2n) is 8.17. The van der Waals surface area contributed by atoms with Crippen LogP contribution in [0, 0.1) is 31.1 Å². The maximum absolute atomic E-state index is 12.6. The molecule has 1 amide bonds. The number of aryl methyl sites for hydroxylation is 1. The van der Waals surface area contributed by atoms with Crippen LogP contribution in [0.2, 0.25) is 0 Å². The standard InChI is InChI=1S/C22H29N3O4/c1-14-17(15(2)24-22(28)18(14)12-23)9-10-21(27)29-13-20(26)25-11-5-7-16-6-3-4-8-19(16)25/h16,19H,3-11,13H2,1-2H3,(H,24,28)/t16-,19-/m1/s1. The molecule has 1 aromatic heterocycles. The first-order chi connectivity index (χ1) is 13.9. The minimum Gasteiger partial charge on any atom is -0.456 e. The molecular formula is C22H29N3O4. The van der Waals surface area contributed by atoms with E-state index in [-0.39, 0.29) is 24.5 Å². The van der Waals surface area contributed by atoms with Gasteiger partial charge in [0.2, 0.25) is 0 Å². The summed E-state index contributed by atoms with van der Waals surface area (Å²) in [5.41, 5.74) is 1.66. The van der Waals surface area contributed by atoms with E-state index in [0.29, 0.717) is 29.6 Å². The molecule has 1 saturated heterocycles. The highest BCUT2D eigenvalue weighted by Crippen LogP contribution is 2.35. The number of carbonyl (C=O) groups is 2. The SMILES string of the molecule is Cc1[nH]c(=O)c(C#N)c(C)c1CCC(=O)OCC(=O)N1CCC[C@H]2CCCC[C@H]21. The van der Waals surface area contributed by atoms with Gasteiger partial charge in [-0.05, 0) is 63.0 Å². The van der Waals surface area contributed by atoms with E-state index in [4.69, 9.17) is 10.00 Å². The number of fused-ring (bicyclic) bond motifs is 1. The van der Waals surface area contributed by atoms with E-state index >= 15 is 0 Å². The number of nitrogens with one attached hydrogen (secondary N) is 1. The third-order valence-corrected chi connectivity index (χ3v) is 6.42. The fourth-order valence-corrected chi connectivity index (χ4v) is 4.88. The number of nitriles is 1. The minimum atomic E-state index is -0.445. The Morgan fingerprint density at radius 2 is 1.93 bits per heavy atom. The van der Waals surface area contributed by atoms with Gasteiger partial charge in [-0.25, -0.2) is 0 Å². The van der Waals surface area contributed by atoms with Crippen molar-refractivity contribution in [2.45, 2.75) is 71.3 Å². The fourth-order valence-electron chi connectivity index (χ4n) is 4.88. The normalized spacial score (nSPS) is 21.2. The molecular weight excluding hydrogens is 370 g/mol. The number of aromatic amines is 1. The third-order valence-electron chi connectivity index (χ3n) is 6.42. The summed E-state index contributed by atoms with van der Waals surface area (Å²) in [6.45, 7) is 4.00. The van der Waals surface area contributed by atoms with Gasteiger partial charge in [-0.1, -0.05) is 12.8 Å². The maximum Gasteiger partial charge on any atom is 0.306 e. The number of piperidine rings is 1. The molecule has 0 aromatic carbocycles. The molecule has 29 heavy (non-hydrogen) atoms. The van der Waals surface area contributed by atoms with Crippen molar-refractivity contribution in [3.8, 4) is 6.07 Å². The molecule has 0 bridgehead atoms. The topological polar surface area (TPSA) is 103 Å². The van der Waals surface area contributed by atoms with Crippen LogP contribution in [0.15, 0.2) is 4.79 Å². The van der Waals surface area contributed by atoms with Gasteiger partial charge in [0.15, 0.2) is 6.61 Å². The Bertz CT molecular complexity index is 881. The van der Waals surface area contributed by atoms with Gasteiger partial charge in [0.25, 0.3) is 11.5 Å². The minimum absolute atomic E-state index is 0.0706. The Morgan fingerprint density at radius 3 is 2.69 bits per heavy atom. The average Bonchev–Trinajstić information content (AvgIpc) is 2.71. The zero-order valence-corrected chi connectivity index (χ0v) is 17.3. The molecule has 1 aromatic rings. The summed E-state index contributed by atoms with van der Waals surface area (Å²) in [4.78, 5) is 41.2. The average molecular weight is 399 g/mol. The second kappa shape index (κ2) is 9.25. The van der Waals surface area contributed by atoms with Crippen LogP contribution in [-0.4, -0.2) is 41.0 Å². The van der Waals surface area contributed by atoms with Crippen LogP contribution >= 0.6 is 0 Å². The summed E-state index contributed by atoms with van der Waals surface area (Å²) in [6.07, 6.45) is 7.31. The van der Waals surface area contributed by atoms with Gasteiger partial charge in [-0.3, -0.25) is 14.4 Å². The smallest absolute Gasteiger partial charge is 0.306 e. The Hall–Kier alpha value is -2.62. The molecule has 7 heteroatoms. The largest absolute Gasteiger partial charge is 0.456 e. The number of carbonyl (C=O) groups excluding carboxylic acids is 2. The van der Waals surface area contributed by atoms with E-state index in [0.717, 1.165) is 31.4 Å². The monoisotopic (exact) mass is 399 g/mol. The summed E-state index contributed by atoms with van der Waals surface area (Å²) in [5.74, 6) is 0.0508. The van der Waals surface area contributed by atoms with Gasteiger partial charge in [-0.2, -0.15) is 5.26 Å². The number of hydrogen-bond donors (Lipinski definition) is 1. The second-order valence-corrected chi connectivity index (χ2v) is 8.17. The molecule has 2 heterocycles. The van der Waals surface area contributed by atoms with Crippen LogP contribution in [-0.2, 0) is 20.7 Å². The van der Waals surface area contributed by atoms with Gasteiger partial charge in [0.1, 0.15) is 11.6 Å². The Labute approximate surface area is 171 Å². The van der Waals surface area contributed by atoms with Crippen molar-refractivity contribution in [1.29, 1.82) is 5.26 Å². The highest BCUT2D eigenvalue weighted by atomic mass is 16.5. The first kappa shape index (κ1) is 21.1. The summed E-state index contributed by atoms with van der Waals surface area (Å²) >= 11 is 0. The maximum atomic E-state index is 12.6. The lowest BCUT2D eigenvalue weighted by Gasteiger charge is -2.44. The van der Waals surface area contributed by atoms with Crippen molar-refractivity contribution in [3.05, 3.63) is 32.7 Å². The number of aromatic nitrogens is 1. The fraction of sp³-hybridized carbons (Fsp3) is 0.636. The first-order valence-corrected chi connectivity index (χ1v) is 10.5. The lowest BCUT2D eigenvalue weighted by atomic mass is 9.78. The summed E-state index contributed by atoms with van der Waals surface area (Å²) in [7, 11) is 0. The molecule has 0 unspecified atom stereocenters. The molecule has 1 aliphatic carbocycles. The number of esters is 1. The molecule has 1 saturated carbocycles. The molecule has 2 fully saturated rings. The van der Waals surface area contributed by atoms with E-state index in [9.17, 15) is 14.4 Å². The van der Waals surface area contributed by atoms with Crippen molar-refractivity contribution in [2.24, 2.45) is 5.92 Å². The molecule has 7 nitrogen and oxygen atoms in total. The number of amides is 1. The van der Waals surface area contributed by atoms with Crippen molar-refractivity contribution in [1.82, 2.24) is 9.88 Å². The lowest BCUT2D eigenvalue weighted by Crippen LogP contribution is -2.50. The van der Waals surface area contributed by atoms with Crippen molar-refractivity contribution >= 4 is 11.9 Å². The van der Waals surface area contributed by atoms with E-state index in [2.05, 4.69) is 4.98 Å². The highest BCUT2D eigenvalue weighted by Gasteiger charge is 2.35. The molecule has 0 radical (unpaired) electrons. The van der Waals surface area contributed by atoms with E-state index in [1.54, 1.807) is 13.8 Å². The quantitative estimate of drug-likeness (QED) is 0.766. The molecule has 3 rings (SSSR count).